The van der Waals surface area contributed by atoms with E-state index < -0.39 is 23.8 Å². The number of hydrogen-bond acceptors (Lipinski definition) is 7. The number of aromatic amines is 1. The van der Waals surface area contributed by atoms with E-state index in [0.29, 0.717) is 39.1 Å². The topological polar surface area (TPSA) is 116 Å². The van der Waals surface area contributed by atoms with Crippen LogP contribution in [0.3, 0.4) is 0 Å². The molecule has 1 unspecified atom stereocenters. The molecule has 0 aliphatic carbocycles. The van der Waals surface area contributed by atoms with E-state index in [0.717, 1.165) is 0 Å². The van der Waals surface area contributed by atoms with Crippen LogP contribution in [0.1, 0.15) is 75.0 Å². The zero-order valence-electron chi connectivity index (χ0n) is 18.7. The van der Waals surface area contributed by atoms with E-state index >= 15 is 0 Å². The molecule has 0 aromatic carbocycles. The van der Waals surface area contributed by atoms with Crippen molar-refractivity contribution >= 4 is 28.8 Å². The summed E-state index contributed by atoms with van der Waals surface area (Å²) in [6.07, 6.45) is 0.504. The van der Waals surface area contributed by atoms with Crippen molar-refractivity contribution in [3.05, 3.63) is 46.0 Å². The van der Waals surface area contributed by atoms with Crippen molar-refractivity contribution in [1.29, 1.82) is 0 Å². The molecule has 3 rings (SSSR count). The Morgan fingerprint density at radius 2 is 1.77 bits per heavy atom. The summed E-state index contributed by atoms with van der Waals surface area (Å²) in [6, 6.07) is 1.69. The van der Waals surface area contributed by atoms with Crippen molar-refractivity contribution in [2.45, 2.75) is 53.7 Å². The first-order valence-electron chi connectivity index (χ1n) is 9.94. The van der Waals surface area contributed by atoms with Crippen molar-refractivity contribution in [3.8, 4) is 0 Å². The fourth-order valence-electron chi connectivity index (χ4n) is 3.58. The van der Waals surface area contributed by atoms with Gasteiger partial charge >= 0.3 is 11.9 Å². The summed E-state index contributed by atoms with van der Waals surface area (Å²) in [4.78, 5) is 45.2. The number of nitrogens with zero attached hydrogens (tertiary/aromatic N) is 3. The molecular weight excluding hydrogens is 400 g/mol. The Hall–Kier alpha value is -3.49. The van der Waals surface area contributed by atoms with Crippen molar-refractivity contribution in [2.24, 2.45) is 0 Å². The van der Waals surface area contributed by atoms with Gasteiger partial charge in [-0.2, -0.15) is 5.10 Å². The number of pyridine rings is 1. The zero-order valence-corrected chi connectivity index (χ0v) is 18.7. The smallest absolute Gasteiger partial charge is 0.339 e. The summed E-state index contributed by atoms with van der Waals surface area (Å²) < 4.78 is 12.0. The maximum atomic E-state index is 12.9. The van der Waals surface area contributed by atoms with Crippen molar-refractivity contribution < 1.29 is 23.9 Å². The second kappa shape index (κ2) is 8.33. The molecule has 3 aromatic rings. The Labute approximate surface area is 179 Å². The van der Waals surface area contributed by atoms with E-state index in [1.165, 1.54) is 14.0 Å². The van der Waals surface area contributed by atoms with Gasteiger partial charge < -0.3 is 14.5 Å². The third-order valence-corrected chi connectivity index (χ3v) is 5.13. The molecule has 3 heterocycles. The summed E-state index contributed by atoms with van der Waals surface area (Å²) in [7, 11) is 1.28. The Morgan fingerprint density at radius 3 is 2.39 bits per heavy atom. The largest absolute Gasteiger partial charge is 0.465 e. The number of aryl methyl sites for hydroxylation is 2. The van der Waals surface area contributed by atoms with E-state index in [1.807, 2.05) is 13.8 Å². The van der Waals surface area contributed by atoms with Gasteiger partial charge in [0.2, 0.25) is 5.78 Å². The highest BCUT2D eigenvalue weighted by Gasteiger charge is 2.28. The average Bonchev–Trinajstić information content (AvgIpc) is 3.26. The standard InChI is InChI=1S/C22H26N4O5/c1-10(2)26-20-16(9-23-26)15(8-11(3)24-20)21(28)31-14(6)19(27)18-12(4)17(13(5)25-18)22(29)30-7/h8-10,14,25H,1-7H3. The highest BCUT2D eigenvalue weighted by molar-refractivity contribution is 6.06. The fourth-order valence-corrected chi connectivity index (χ4v) is 3.58. The number of H-pyrrole nitrogens is 1. The lowest BCUT2D eigenvalue weighted by molar-refractivity contribution is 0.0318. The van der Waals surface area contributed by atoms with E-state index in [9.17, 15) is 14.4 Å². The van der Waals surface area contributed by atoms with Gasteiger partial charge in [0, 0.05) is 17.4 Å². The minimum absolute atomic E-state index is 0.0688. The van der Waals surface area contributed by atoms with Crippen LogP contribution in [0.25, 0.3) is 11.0 Å². The molecule has 9 heteroatoms. The van der Waals surface area contributed by atoms with E-state index in [4.69, 9.17) is 9.47 Å². The minimum atomic E-state index is -1.07. The monoisotopic (exact) mass is 426 g/mol. The Bertz CT molecular complexity index is 1190. The van der Waals surface area contributed by atoms with Crippen LogP contribution in [0.4, 0.5) is 0 Å². The summed E-state index contributed by atoms with van der Waals surface area (Å²) in [6.45, 7) is 10.5. The second-order valence-corrected chi connectivity index (χ2v) is 7.76. The number of esters is 2. The molecule has 1 atom stereocenters. The number of ketones is 1. The van der Waals surface area contributed by atoms with Gasteiger partial charge in [0.1, 0.15) is 0 Å². The number of methoxy groups -OCH3 is 1. The van der Waals surface area contributed by atoms with E-state index in [-0.39, 0.29) is 11.7 Å². The van der Waals surface area contributed by atoms with Gasteiger partial charge in [-0.1, -0.05) is 0 Å². The number of rotatable bonds is 6. The van der Waals surface area contributed by atoms with Gasteiger partial charge in [0.25, 0.3) is 0 Å². The van der Waals surface area contributed by atoms with Gasteiger partial charge in [-0.25, -0.2) is 19.3 Å². The first-order chi connectivity index (χ1) is 14.6. The Morgan fingerprint density at radius 1 is 1.10 bits per heavy atom. The van der Waals surface area contributed by atoms with Crippen molar-refractivity contribution in [3.63, 3.8) is 0 Å². The number of nitrogens with one attached hydrogen (secondary N) is 1. The van der Waals surface area contributed by atoms with Crippen LogP contribution in [-0.4, -0.2) is 50.7 Å². The maximum Gasteiger partial charge on any atom is 0.339 e. The maximum absolute atomic E-state index is 12.9. The normalized spacial score (nSPS) is 12.3. The molecule has 0 aliphatic rings. The third kappa shape index (κ3) is 3.95. The summed E-state index contributed by atoms with van der Waals surface area (Å²) in [5.74, 6) is -1.62. The number of hydrogen-bond donors (Lipinski definition) is 1. The molecule has 0 aliphatic heterocycles. The van der Waals surface area contributed by atoms with Gasteiger partial charge in [-0.05, 0) is 53.2 Å². The van der Waals surface area contributed by atoms with Crippen LogP contribution in [0.2, 0.25) is 0 Å². The Balaban J connectivity index is 1.90. The lowest BCUT2D eigenvalue weighted by Gasteiger charge is -2.13. The summed E-state index contributed by atoms with van der Waals surface area (Å²) in [5, 5.41) is 4.88. The predicted molar refractivity (Wildman–Crippen MR) is 113 cm³/mol. The van der Waals surface area contributed by atoms with Gasteiger partial charge in [0.05, 0.1) is 35.5 Å². The molecule has 31 heavy (non-hydrogen) atoms. The number of fused-ring (bicyclic) bond motifs is 1. The molecule has 0 fully saturated rings. The van der Waals surface area contributed by atoms with Crippen LogP contribution >= 0.6 is 0 Å². The first-order valence-corrected chi connectivity index (χ1v) is 9.94. The number of Topliss-reactive ketones (excluding diaryl/α,β-unsaturated/α-hetero) is 1. The molecule has 0 saturated carbocycles. The molecule has 164 valence electrons. The molecule has 1 N–H and O–H groups in total. The predicted octanol–water partition coefficient (Wildman–Crippen LogP) is 3.48. The highest BCUT2D eigenvalue weighted by atomic mass is 16.5. The van der Waals surface area contributed by atoms with Crippen LogP contribution in [0.15, 0.2) is 12.3 Å². The summed E-state index contributed by atoms with van der Waals surface area (Å²) >= 11 is 0. The number of ether oxygens (including phenoxy) is 2. The van der Waals surface area contributed by atoms with Crippen LogP contribution in [-0.2, 0) is 9.47 Å². The van der Waals surface area contributed by atoms with E-state index in [2.05, 4.69) is 15.1 Å². The minimum Gasteiger partial charge on any atom is -0.465 e. The van der Waals surface area contributed by atoms with Crippen LogP contribution in [0.5, 0.6) is 0 Å². The van der Waals surface area contributed by atoms with E-state index in [1.54, 1.807) is 37.7 Å². The zero-order chi connectivity index (χ0) is 23.0. The molecule has 0 spiro atoms. The van der Waals surface area contributed by atoms with Crippen molar-refractivity contribution in [1.82, 2.24) is 19.7 Å². The molecule has 3 aromatic heterocycles. The van der Waals surface area contributed by atoms with Gasteiger partial charge in [-0.3, -0.25) is 4.79 Å². The molecule has 9 nitrogen and oxygen atoms in total. The molecular formula is C22H26N4O5. The van der Waals surface area contributed by atoms with Gasteiger partial charge in [-0.15, -0.1) is 0 Å². The molecule has 0 amide bonds. The SMILES string of the molecule is COC(=O)c1c(C)[nH]c(C(=O)C(C)OC(=O)c2cc(C)nc3c2cnn3C(C)C)c1C. The highest BCUT2D eigenvalue weighted by Crippen LogP contribution is 2.24. The van der Waals surface area contributed by atoms with Crippen molar-refractivity contribution in [2.75, 3.05) is 7.11 Å². The second-order valence-electron chi connectivity index (χ2n) is 7.76. The number of carbonyl (C=O) groups excluding carboxylic acids is 3. The number of carbonyl (C=O) groups is 3. The summed E-state index contributed by atoms with van der Waals surface area (Å²) in [5.41, 5.74) is 3.00. The van der Waals surface area contributed by atoms with Crippen LogP contribution in [0, 0.1) is 20.8 Å². The van der Waals surface area contributed by atoms with Crippen LogP contribution < -0.4 is 0 Å². The fraction of sp³-hybridized carbons (Fsp3) is 0.409. The third-order valence-electron chi connectivity index (χ3n) is 5.13. The quantitative estimate of drug-likeness (QED) is 0.474. The lowest BCUT2D eigenvalue weighted by atomic mass is 10.1. The lowest BCUT2D eigenvalue weighted by Crippen LogP contribution is -2.25. The Kier molecular flexibility index (Phi) is 5.97. The molecule has 0 saturated heterocycles. The average molecular weight is 426 g/mol. The molecule has 0 bridgehead atoms. The first kappa shape index (κ1) is 22.2. The molecule has 0 radical (unpaired) electrons. The van der Waals surface area contributed by atoms with Gasteiger partial charge in [0.15, 0.2) is 11.8 Å². The number of aromatic nitrogens is 4.